The Morgan fingerprint density at radius 3 is 1.42 bits per heavy atom. The molecule has 6 heterocycles. The first kappa shape index (κ1) is 48.7. The van der Waals surface area contributed by atoms with Crippen LogP contribution in [0.25, 0.3) is 22.5 Å². The fraction of sp³-hybridized carbons (Fsp3) is 0.400. The lowest BCUT2D eigenvalue weighted by Gasteiger charge is -2.35. The molecule has 4 aliphatic heterocycles. The number of hydrogen-bond acceptors (Lipinski definition) is 11. The highest BCUT2D eigenvalue weighted by atomic mass is 16.6. The number of para-hydroxylation sites is 2. The average Bonchev–Trinajstić information content (AvgIpc) is 4.16. The number of imidazole rings is 2. The van der Waals surface area contributed by atoms with Crippen molar-refractivity contribution in [2.24, 2.45) is 23.3 Å². The minimum absolute atomic E-state index is 0.195. The maximum absolute atomic E-state index is 12.6. The van der Waals surface area contributed by atoms with E-state index in [4.69, 9.17) is 45.1 Å². The van der Waals surface area contributed by atoms with Gasteiger partial charge in [-0.3, -0.25) is 9.59 Å². The van der Waals surface area contributed by atoms with Gasteiger partial charge in [0.1, 0.15) is 51.5 Å². The molecule has 3 amide bonds. The Morgan fingerprint density at radius 2 is 1.01 bits per heavy atom. The number of amides is 3. The van der Waals surface area contributed by atoms with Crippen molar-refractivity contribution in [3.8, 4) is 57.0 Å². The van der Waals surface area contributed by atoms with Crippen molar-refractivity contribution in [2.75, 3.05) is 40.4 Å². The number of aromatic nitrogens is 4. The molecular weight excluding hydrogens is 901 g/mol. The lowest BCUT2D eigenvalue weighted by molar-refractivity contribution is 0.0173. The zero-order valence-corrected chi connectivity index (χ0v) is 41.2. The molecule has 10 rings (SSSR count). The van der Waals surface area contributed by atoms with Crippen molar-refractivity contribution in [1.82, 2.24) is 29.3 Å². The van der Waals surface area contributed by atoms with Crippen molar-refractivity contribution in [2.45, 2.75) is 89.8 Å². The highest BCUT2D eigenvalue weighted by Crippen LogP contribution is 2.45. The Morgan fingerprint density at radius 1 is 0.577 bits per heavy atom. The summed E-state index contributed by atoms with van der Waals surface area (Å²) >= 11 is 0. The first-order chi connectivity index (χ1) is 34.3. The van der Waals surface area contributed by atoms with Crippen molar-refractivity contribution in [3.05, 3.63) is 120 Å². The Balaban J connectivity index is 0.000000179. The Kier molecular flexibility index (Phi) is 14.4. The average molecular weight is 965 g/mol. The number of primary amides is 2. The SMILES string of the molecule is COc1cc(-c2nc3n(c2C(N)=O)CCC3C2CCN(C(=O)OC(C)(C)C)CC2)ccc1Oc1ccccc1.COc1cc(-c2nc3n(c2C(N)=O)CCC3C2CCNCC2)ccc1Oc1ccccc1. The van der Waals surface area contributed by atoms with Gasteiger partial charge < -0.3 is 54.5 Å². The predicted molar refractivity (Wildman–Crippen MR) is 269 cm³/mol. The van der Waals surface area contributed by atoms with Crippen LogP contribution in [0.3, 0.4) is 0 Å². The maximum atomic E-state index is 12.6. The van der Waals surface area contributed by atoms with E-state index in [1.54, 1.807) is 19.1 Å². The lowest BCUT2D eigenvalue weighted by Crippen LogP contribution is -2.42. The largest absolute Gasteiger partial charge is 0.493 e. The number of nitrogens with two attached hydrogens (primary N) is 2. The molecule has 0 spiro atoms. The van der Waals surface area contributed by atoms with Crippen LogP contribution in [0, 0.1) is 11.8 Å². The molecule has 0 radical (unpaired) electrons. The van der Waals surface area contributed by atoms with Crippen LogP contribution in [-0.4, -0.2) is 87.9 Å². The molecule has 5 N–H and O–H groups in total. The van der Waals surface area contributed by atoms with Crippen LogP contribution in [0.5, 0.6) is 34.5 Å². The highest BCUT2D eigenvalue weighted by Gasteiger charge is 2.40. The number of rotatable bonds is 12. The molecule has 2 atom stereocenters. The van der Waals surface area contributed by atoms with E-state index >= 15 is 0 Å². The number of piperidine rings is 2. The molecule has 6 aromatic rings. The molecule has 0 saturated carbocycles. The molecular formula is C55H64N8O8. The number of methoxy groups -OCH3 is 2. The van der Waals surface area contributed by atoms with Crippen LogP contribution < -0.4 is 35.7 Å². The van der Waals surface area contributed by atoms with E-state index < -0.39 is 17.4 Å². The molecule has 4 aromatic carbocycles. The summed E-state index contributed by atoms with van der Waals surface area (Å²) in [6, 6.07) is 30.2. The fourth-order valence-electron chi connectivity index (χ4n) is 10.6. The van der Waals surface area contributed by atoms with Gasteiger partial charge in [0.05, 0.1) is 14.2 Å². The fourth-order valence-corrected chi connectivity index (χ4v) is 10.6. The molecule has 16 nitrogen and oxygen atoms in total. The number of fused-ring (bicyclic) bond motifs is 2. The number of nitrogens with one attached hydrogen (secondary N) is 1. The van der Waals surface area contributed by atoms with Crippen LogP contribution in [0.2, 0.25) is 0 Å². The lowest BCUT2D eigenvalue weighted by atomic mass is 9.83. The van der Waals surface area contributed by atoms with Crippen molar-refractivity contribution in [1.29, 1.82) is 0 Å². The van der Waals surface area contributed by atoms with Gasteiger partial charge in [-0.05, 0) is 145 Å². The summed E-state index contributed by atoms with van der Waals surface area (Å²) < 4.78 is 32.7. The van der Waals surface area contributed by atoms with E-state index in [2.05, 4.69) is 5.32 Å². The van der Waals surface area contributed by atoms with Crippen LogP contribution in [0.15, 0.2) is 97.1 Å². The molecule has 2 saturated heterocycles. The zero-order valence-electron chi connectivity index (χ0n) is 41.2. The molecule has 0 bridgehead atoms. The predicted octanol–water partition coefficient (Wildman–Crippen LogP) is 9.52. The third-order valence-electron chi connectivity index (χ3n) is 14.0. The van der Waals surface area contributed by atoms with Gasteiger partial charge in [0.15, 0.2) is 23.0 Å². The third-order valence-corrected chi connectivity index (χ3v) is 14.0. The number of hydrogen-bond donors (Lipinski definition) is 3. The second kappa shape index (κ2) is 20.9. The molecule has 2 aromatic heterocycles. The zero-order chi connectivity index (χ0) is 49.8. The molecule has 0 aliphatic carbocycles. The van der Waals surface area contributed by atoms with E-state index in [0.29, 0.717) is 88.9 Å². The standard InChI is InChI=1S/C30H36N4O5.C25H28N4O3/c1-30(2,3)39-29(36)33-15-12-19(13-16-33)22-14-17-34-26(27(31)35)25(32-28(22)34)20-10-11-23(24(18-20)37-4)38-21-8-6-5-7-9-21;1-31-21-15-17(7-8-20(21)32-18-5-3-2-4-6-18)22-23(24(26)30)29-14-11-19(25(29)28-22)16-9-12-27-13-10-16/h5-11,18-19,22H,12-17H2,1-4H3,(H2,31,35);2-8,15-16,19,27H,9-14H2,1H3,(H2,26,30). The van der Waals surface area contributed by atoms with Crippen molar-refractivity contribution in [3.63, 3.8) is 0 Å². The monoisotopic (exact) mass is 964 g/mol. The topological polar surface area (TPSA) is 200 Å². The molecule has 71 heavy (non-hydrogen) atoms. The minimum Gasteiger partial charge on any atom is -0.493 e. The first-order valence-electron chi connectivity index (χ1n) is 24.6. The second-order valence-electron chi connectivity index (χ2n) is 19.6. The summed E-state index contributed by atoms with van der Waals surface area (Å²) in [6.07, 6.45) is 5.64. The Hall–Kier alpha value is -7.33. The van der Waals surface area contributed by atoms with Crippen LogP contribution in [-0.2, 0) is 17.8 Å². The highest BCUT2D eigenvalue weighted by molar-refractivity contribution is 5.98. The van der Waals surface area contributed by atoms with Gasteiger partial charge in [0.2, 0.25) is 0 Å². The quantitative estimate of drug-likeness (QED) is 0.106. The minimum atomic E-state index is -0.514. The normalized spacial score (nSPS) is 17.9. The molecule has 372 valence electrons. The molecule has 2 fully saturated rings. The summed E-state index contributed by atoms with van der Waals surface area (Å²) in [4.78, 5) is 49.4. The maximum Gasteiger partial charge on any atom is 0.410 e. The van der Waals surface area contributed by atoms with Gasteiger partial charge in [-0.1, -0.05) is 36.4 Å². The van der Waals surface area contributed by atoms with E-state index in [1.807, 2.05) is 127 Å². The number of carbonyl (C=O) groups excluding carboxylic acids is 3. The Labute approximate surface area is 414 Å². The van der Waals surface area contributed by atoms with Gasteiger partial charge in [-0.15, -0.1) is 0 Å². The van der Waals surface area contributed by atoms with E-state index in [0.717, 1.165) is 86.7 Å². The Bertz CT molecular complexity index is 2860. The number of nitrogens with zero attached hydrogens (tertiary/aromatic N) is 5. The van der Waals surface area contributed by atoms with Crippen molar-refractivity contribution >= 4 is 17.9 Å². The summed E-state index contributed by atoms with van der Waals surface area (Å²) in [5.41, 5.74) is 14.8. The van der Waals surface area contributed by atoms with Crippen LogP contribution in [0.1, 0.15) is 104 Å². The van der Waals surface area contributed by atoms with Gasteiger partial charge in [0.25, 0.3) is 11.8 Å². The van der Waals surface area contributed by atoms with E-state index in [-0.39, 0.29) is 12.0 Å². The van der Waals surface area contributed by atoms with E-state index in [9.17, 15) is 14.4 Å². The summed E-state index contributed by atoms with van der Waals surface area (Å²) in [7, 11) is 3.19. The molecule has 16 heteroatoms. The third kappa shape index (κ3) is 10.6. The smallest absolute Gasteiger partial charge is 0.410 e. The van der Waals surface area contributed by atoms with Gasteiger partial charge in [0, 0.05) is 49.1 Å². The van der Waals surface area contributed by atoms with Gasteiger partial charge in [-0.25, -0.2) is 14.8 Å². The number of ether oxygens (including phenoxy) is 5. The summed E-state index contributed by atoms with van der Waals surface area (Å²) in [6.45, 7) is 10.5. The first-order valence-corrected chi connectivity index (χ1v) is 24.6. The number of benzene rings is 4. The summed E-state index contributed by atoms with van der Waals surface area (Å²) in [5, 5.41) is 3.43. The van der Waals surface area contributed by atoms with Crippen LogP contribution >= 0.6 is 0 Å². The number of likely N-dealkylation sites (tertiary alicyclic amines) is 1. The molecule has 2 unspecified atom stereocenters. The van der Waals surface area contributed by atoms with Crippen LogP contribution in [0.4, 0.5) is 4.79 Å². The van der Waals surface area contributed by atoms with Crippen molar-refractivity contribution < 1.29 is 38.1 Å². The van der Waals surface area contributed by atoms with Gasteiger partial charge in [-0.2, -0.15) is 0 Å². The number of carbonyl (C=O) groups is 3. The van der Waals surface area contributed by atoms with Gasteiger partial charge >= 0.3 is 6.09 Å². The summed E-state index contributed by atoms with van der Waals surface area (Å²) in [5.74, 6) is 6.12. The van der Waals surface area contributed by atoms with E-state index in [1.165, 1.54) is 0 Å². The molecule has 4 aliphatic rings. The second-order valence-corrected chi connectivity index (χ2v) is 19.6.